The second kappa shape index (κ2) is 10.6. The summed E-state index contributed by atoms with van der Waals surface area (Å²) in [6, 6.07) is 4.05. The van der Waals surface area contributed by atoms with Crippen LogP contribution in [0.4, 0.5) is 0 Å². The van der Waals surface area contributed by atoms with Gasteiger partial charge in [-0.05, 0) is 35.0 Å². The maximum absolute atomic E-state index is 5.68. The fraction of sp³-hybridized carbons (Fsp3) is 0.571. The van der Waals surface area contributed by atoms with Gasteiger partial charge in [0.05, 0.1) is 30.9 Å². The Balaban J connectivity index is 2.42. The van der Waals surface area contributed by atoms with Gasteiger partial charge in [-0.15, -0.1) is 0 Å². The molecule has 6 heteroatoms. The van der Waals surface area contributed by atoms with Crippen molar-refractivity contribution in [3.05, 3.63) is 26.6 Å². The van der Waals surface area contributed by atoms with Crippen molar-refractivity contribution in [2.45, 2.75) is 13.5 Å². The molecule has 0 aliphatic rings. The molecule has 0 bridgehead atoms. The first-order valence-corrected chi connectivity index (χ1v) is 8.15. The zero-order chi connectivity index (χ0) is 14.8. The van der Waals surface area contributed by atoms with Crippen molar-refractivity contribution in [2.75, 3.05) is 40.1 Å². The van der Waals surface area contributed by atoms with E-state index in [1.807, 2.05) is 13.0 Å². The van der Waals surface area contributed by atoms with Crippen LogP contribution in [0.2, 0.25) is 0 Å². The maximum Gasteiger partial charge on any atom is 0.138 e. The van der Waals surface area contributed by atoms with Crippen molar-refractivity contribution in [1.29, 1.82) is 0 Å². The van der Waals surface area contributed by atoms with Gasteiger partial charge in [-0.1, -0.05) is 15.9 Å². The summed E-state index contributed by atoms with van der Waals surface area (Å²) in [7, 11) is 1.67. The monoisotopic (exact) mass is 409 g/mol. The molecule has 0 aliphatic carbocycles. The van der Waals surface area contributed by atoms with Gasteiger partial charge in [-0.25, -0.2) is 0 Å². The fourth-order valence-electron chi connectivity index (χ4n) is 1.66. The average molecular weight is 411 g/mol. The molecule has 20 heavy (non-hydrogen) atoms. The van der Waals surface area contributed by atoms with E-state index in [1.165, 1.54) is 0 Å². The molecule has 1 aromatic rings. The van der Waals surface area contributed by atoms with Crippen molar-refractivity contribution in [2.24, 2.45) is 0 Å². The third-order valence-electron chi connectivity index (χ3n) is 2.54. The molecule has 0 fully saturated rings. The summed E-state index contributed by atoms with van der Waals surface area (Å²) in [5.41, 5.74) is 1.12. The van der Waals surface area contributed by atoms with Crippen LogP contribution in [-0.4, -0.2) is 40.1 Å². The lowest BCUT2D eigenvalue weighted by Gasteiger charge is -2.14. The first kappa shape index (κ1) is 17.9. The van der Waals surface area contributed by atoms with Gasteiger partial charge in [0.15, 0.2) is 0 Å². The number of rotatable bonds is 10. The standard InChI is InChI=1S/C14H21Br2NO3/c1-3-20-14-11(8-12(15)9-13(14)16)10-17-4-5-19-7-6-18-2/h8-9,17H,3-7,10H2,1-2H3. The Bertz CT molecular complexity index is 402. The molecule has 0 amide bonds. The van der Waals surface area contributed by atoms with Crippen LogP contribution in [0.1, 0.15) is 12.5 Å². The van der Waals surface area contributed by atoms with Gasteiger partial charge >= 0.3 is 0 Å². The smallest absolute Gasteiger partial charge is 0.138 e. The molecule has 0 saturated carbocycles. The van der Waals surface area contributed by atoms with E-state index in [0.717, 1.165) is 33.3 Å². The van der Waals surface area contributed by atoms with Gasteiger partial charge in [0.2, 0.25) is 0 Å². The lowest BCUT2D eigenvalue weighted by Crippen LogP contribution is -2.20. The molecule has 114 valence electrons. The number of methoxy groups -OCH3 is 1. The van der Waals surface area contributed by atoms with Crippen LogP contribution in [0.5, 0.6) is 5.75 Å². The highest BCUT2D eigenvalue weighted by Crippen LogP contribution is 2.32. The fourth-order valence-corrected chi connectivity index (χ4v) is 3.09. The Kier molecular flexibility index (Phi) is 9.46. The predicted molar refractivity (Wildman–Crippen MR) is 87.4 cm³/mol. The second-order valence-corrected chi connectivity index (χ2v) is 5.86. The Labute approximate surface area is 137 Å². The number of ether oxygens (including phenoxy) is 3. The Hall–Kier alpha value is -0.140. The topological polar surface area (TPSA) is 39.7 Å². The van der Waals surface area contributed by atoms with Gasteiger partial charge < -0.3 is 19.5 Å². The van der Waals surface area contributed by atoms with Crippen LogP contribution in [0.15, 0.2) is 21.1 Å². The summed E-state index contributed by atoms with van der Waals surface area (Å²) in [4.78, 5) is 0. The van der Waals surface area contributed by atoms with Gasteiger partial charge in [-0.2, -0.15) is 0 Å². The molecular formula is C14H21Br2NO3. The molecule has 0 atom stereocenters. The maximum atomic E-state index is 5.68. The van der Waals surface area contributed by atoms with E-state index in [9.17, 15) is 0 Å². The largest absolute Gasteiger partial charge is 0.492 e. The van der Waals surface area contributed by atoms with Crippen LogP contribution in [0.3, 0.4) is 0 Å². The highest BCUT2D eigenvalue weighted by Gasteiger charge is 2.09. The molecule has 0 radical (unpaired) electrons. The molecule has 0 heterocycles. The predicted octanol–water partition coefficient (Wildman–Crippen LogP) is 3.36. The third-order valence-corrected chi connectivity index (χ3v) is 3.59. The summed E-state index contributed by atoms with van der Waals surface area (Å²) >= 11 is 7.03. The molecule has 0 unspecified atom stereocenters. The lowest BCUT2D eigenvalue weighted by molar-refractivity contribution is 0.0719. The molecule has 0 saturated heterocycles. The van der Waals surface area contributed by atoms with E-state index in [4.69, 9.17) is 14.2 Å². The minimum Gasteiger partial charge on any atom is -0.492 e. The molecule has 0 aromatic heterocycles. The Morgan fingerprint density at radius 3 is 2.65 bits per heavy atom. The molecule has 4 nitrogen and oxygen atoms in total. The summed E-state index contributed by atoms with van der Waals surface area (Å²) in [6.07, 6.45) is 0. The van der Waals surface area contributed by atoms with E-state index in [1.54, 1.807) is 7.11 Å². The number of halogens is 2. The molecule has 1 rings (SSSR count). The first-order chi connectivity index (χ1) is 9.69. The van der Waals surface area contributed by atoms with Crippen LogP contribution < -0.4 is 10.1 Å². The van der Waals surface area contributed by atoms with Crippen molar-refractivity contribution in [1.82, 2.24) is 5.32 Å². The quantitative estimate of drug-likeness (QED) is 0.600. The molecular weight excluding hydrogens is 390 g/mol. The van der Waals surface area contributed by atoms with Crippen LogP contribution in [-0.2, 0) is 16.0 Å². The normalized spacial score (nSPS) is 10.8. The van der Waals surface area contributed by atoms with Crippen molar-refractivity contribution in [3.63, 3.8) is 0 Å². The van der Waals surface area contributed by atoms with E-state index >= 15 is 0 Å². The van der Waals surface area contributed by atoms with Gasteiger partial charge in [0.25, 0.3) is 0 Å². The minimum absolute atomic E-state index is 0.630. The first-order valence-electron chi connectivity index (χ1n) is 6.57. The van der Waals surface area contributed by atoms with Gasteiger partial charge in [-0.3, -0.25) is 0 Å². The van der Waals surface area contributed by atoms with Crippen LogP contribution >= 0.6 is 31.9 Å². The zero-order valence-corrected chi connectivity index (χ0v) is 15.1. The average Bonchev–Trinajstić information content (AvgIpc) is 2.41. The van der Waals surface area contributed by atoms with Crippen molar-refractivity contribution < 1.29 is 14.2 Å². The lowest BCUT2D eigenvalue weighted by atomic mass is 10.2. The van der Waals surface area contributed by atoms with Crippen molar-refractivity contribution >= 4 is 31.9 Å². The highest BCUT2D eigenvalue weighted by atomic mass is 79.9. The zero-order valence-electron chi connectivity index (χ0n) is 11.9. The van der Waals surface area contributed by atoms with E-state index in [0.29, 0.717) is 26.4 Å². The highest BCUT2D eigenvalue weighted by molar-refractivity contribution is 9.11. The van der Waals surface area contributed by atoms with Crippen LogP contribution in [0, 0.1) is 0 Å². The number of benzene rings is 1. The van der Waals surface area contributed by atoms with E-state index in [-0.39, 0.29) is 0 Å². The Morgan fingerprint density at radius 1 is 1.15 bits per heavy atom. The summed E-state index contributed by atoms with van der Waals surface area (Å²) in [5.74, 6) is 0.892. The number of nitrogens with one attached hydrogen (secondary N) is 1. The number of hydrogen-bond donors (Lipinski definition) is 1. The minimum atomic E-state index is 0.630. The Morgan fingerprint density at radius 2 is 1.95 bits per heavy atom. The molecule has 1 N–H and O–H groups in total. The molecule has 1 aromatic carbocycles. The SMILES string of the molecule is CCOc1c(Br)cc(Br)cc1CNCCOCCOC. The van der Waals surface area contributed by atoms with Crippen LogP contribution in [0.25, 0.3) is 0 Å². The van der Waals surface area contributed by atoms with E-state index in [2.05, 4.69) is 43.2 Å². The summed E-state index contributed by atoms with van der Waals surface area (Å²) < 4.78 is 18.0. The van der Waals surface area contributed by atoms with E-state index < -0.39 is 0 Å². The summed E-state index contributed by atoms with van der Waals surface area (Å²) in [6.45, 7) is 6.09. The van der Waals surface area contributed by atoms with Gasteiger partial charge in [0.1, 0.15) is 5.75 Å². The van der Waals surface area contributed by atoms with Gasteiger partial charge in [0, 0.05) is 30.2 Å². The third kappa shape index (κ3) is 6.54. The summed E-state index contributed by atoms with van der Waals surface area (Å²) in [5, 5.41) is 3.34. The second-order valence-electron chi connectivity index (χ2n) is 4.09. The molecule has 0 aliphatic heterocycles. The molecule has 0 spiro atoms. The number of hydrogen-bond acceptors (Lipinski definition) is 4. The van der Waals surface area contributed by atoms with Crippen molar-refractivity contribution in [3.8, 4) is 5.75 Å².